The number of carbonyl (C=O) groups is 2. The van der Waals surface area contributed by atoms with Gasteiger partial charge in [0.15, 0.2) is 11.7 Å². The summed E-state index contributed by atoms with van der Waals surface area (Å²) in [5.41, 5.74) is 9.85. The Hall–Kier alpha value is -3.78. The molecule has 0 fully saturated rings. The van der Waals surface area contributed by atoms with E-state index in [1.165, 1.54) is 18.3 Å². The van der Waals surface area contributed by atoms with Gasteiger partial charge in [-0.15, -0.1) is 11.3 Å². The number of amides is 1. The second-order valence-electron chi connectivity index (χ2n) is 7.43. The van der Waals surface area contributed by atoms with Crippen molar-refractivity contribution in [2.45, 2.75) is 25.8 Å². The summed E-state index contributed by atoms with van der Waals surface area (Å²) in [6.45, 7) is 3.56. The highest BCUT2D eigenvalue weighted by molar-refractivity contribution is 7.10. The Kier molecular flexibility index (Phi) is 6.13. The van der Waals surface area contributed by atoms with Crippen LogP contribution in [0.5, 0.6) is 0 Å². The second kappa shape index (κ2) is 9.15. The van der Waals surface area contributed by atoms with Crippen LogP contribution >= 0.6 is 11.3 Å². The number of hydrogen-bond donors (Lipinski definition) is 2. The van der Waals surface area contributed by atoms with E-state index >= 15 is 0 Å². The Morgan fingerprint density at radius 2 is 2.09 bits per heavy atom. The molecular weight excluding hydrogens is 424 g/mol. The molecule has 2 unspecified atom stereocenters. The zero-order valence-corrected chi connectivity index (χ0v) is 18.4. The standard InChI is InChI=1S/C24H22N4O3S/c1-14(16-6-7-21-17(10-16)8-9-31-21)23(28-24(25)26-13-29)22-11-18(12-32-22)20-5-3-4-19(27-20)15(2)30/h3-14,23H,1-2H3,(H3,25,26,28,29). The highest BCUT2D eigenvalue weighted by Gasteiger charge is 2.24. The second-order valence-corrected chi connectivity index (χ2v) is 8.37. The highest BCUT2D eigenvalue weighted by atomic mass is 32.1. The Balaban J connectivity index is 1.72. The van der Waals surface area contributed by atoms with Crippen LogP contribution in [0.3, 0.4) is 0 Å². The summed E-state index contributed by atoms with van der Waals surface area (Å²) in [7, 11) is 0. The number of nitrogens with zero attached hydrogens (tertiary/aromatic N) is 2. The number of nitrogens with one attached hydrogen (secondary N) is 1. The van der Waals surface area contributed by atoms with Gasteiger partial charge in [0.05, 0.1) is 18.0 Å². The molecule has 3 aromatic heterocycles. The molecule has 0 aliphatic heterocycles. The molecule has 3 N–H and O–H groups in total. The monoisotopic (exact) mass is 446 g/mol. The molecule has 162 valence electrons. The predicted octanol–water partition coefficient (Wildman–Crippen LogP) is 4.66. The van der Waals surface area contributed by atoms with Crippen LogP contribution in [-0.2, 0) is 4.79 Å². The first-order valence-electron chi connectivity index (χ1n) is 10.0. The Bertz CT molecular complexity index is 1310. The number of furan rings is 1. The lowest BCUT2D eigenvalue weighted by atomic mass is 9.91. The van der Waals surface area contributed by atoms with E-state index in [4.69, 9.17) is 10.2 Å². The Morgan fingerprint density at radius 3 is 2.88 bits per heavy atom. The number of hydrogen-bond acceptors (Lipinski definition) is 6. The molecule has 0 radical (unpaired) electrons. The third kappa shape index (κ3) is 4.45. The van der Waals surface area contributed by atoms with E-state index < -0.39 is 0 Å². The van der Waals surface area contributed by atoms with Gasteiger partial charge < -0.3 is 10.2 Å². The molecule has 4 rings (SSSR count). The summed E-state index contributed by atoms with van der Waals surface area (Å²) in [5, 5.41) is 5.42. The number of aliphatic imine (C=N–C) groups is 1. The number of thiophene rings is 1. The average molecular weight is 447 g/mol. The van der Waals surface area contributed by atoms with Gasteiger partial charge in [0.25, 0.3) is 0 Å². The maximum Gasteiger partial charge on any atom is 0.213 e. The van der Waals surface area contributed by atoms with Gasteiger partial charge >= 0.3 is 0 Å². The van der Waals surface area contributed by atoms with E-state index in [1.54, 1.807) is 12.3 Å². The largest absolute Gasteiger partial charge is 0.464 e. The van der Waals surface area contributed by atoms with E-state index in [-0.39, 0.29) is 23.7 Å². The first kappa shape index (κ1) is 21.5. The van der Waals surface area contributed by atoms with Crippen molar-refractivity contribution in [1.82, 2.24) is 10.3 Å². The van der Waals surface area contributed by atoms with Crippen molar-refractivity contribution in [2.24, 2.45) is 10.7 Å². The van der Waals surface area contributed by atoms with Gasteiger partial charge in [-0.2, -0.15) is 0 Å². The summed E-state index contributed by atoms with van der Waals surface area (Å²) < 4.78 is 5.45. The number of Topliss-reactive ketones (excluding diaryl/α,β-unsaturated/α-hetero) is 1. The van der Waals surface area contributed by atoms with Crippen molar-refractivity contribution in [2.75, 3.05) is 0 Å². The average Bonchev–Trinajstić information content (AvgIpc) is 3.46. The molecule has 8 heteroatoms. The number of nitrogens with two attached hydrogens (primary N) is 1. The van der Waals surface area contributed by atoms with Gasteiger partial charge in [0.2, 0.25) is 6.41 Å². The minimum atomic E-state index is -0.332. The summed E-state index contributed by atoms with van der Waals surface area (Å²) in [6, 6.07) is 15.0. The van der Waals surface area contributed by atoms with Crippen molar-refractivity contribution >= 4 is 40.5 Å². The van der Waals surface area contributed by atoms with Crippen LogP contribution < -0.4 is 11.1 Å². The first-order valence-corrected chi connectivity index (χ1v) is 10.9. The number of ketones is 1. The number of fused-ring (bicyclic) bond motifs is 1. The van der Waals surface area contributed by atoms with E-state index in [9.17, 15) is 9.59 Å². The van der Waals surface area contributed by atoms with Gasteiger partial charge in [0.1, 0.15) is 11.3 Å². The number of aromatic nitrogens is 1. The fourth-order valence-corrected chi connectivity index (χ4v) is 4.60. The van der Waals surface area contributed by atoms with Crippen LogP contribution in [0.1, 0.15) is 46.7 Å². The fraction of sp³-hybridized carbons (Fsp3) is 0.167. The molecule has 0 aliphatic carbocycles. The molecular formula is C24H22N4O3S. The lowest BCUT2D eigenvalue weighted by molar-refractivity contribution is -0.108. The van der Waals surface area contributed by atoms with E-state index in [0.717, 1.165) is 32.7 Å². The van der Waals surface area contributed by atoms with Crippen LogP contribution in [0, 0.1) is 0 Å². The molecule has 4 aromatic rings. The normalized spacial score (nSPS) is 13.6. The minimum Gasteiger partial charge on any atom is -0.464 e. The fourth-order valence-electron chi connectivity index (χ4n) is 3.55. The van der Waals surface area contributed by atoms with Gasteiger partial charge in [-0.3, -0.25) is 14.9 Å². The van der Waals surface area contributed by atoms with Gasteiger partial charge in [-0.25, -0.2) is 9.98 Å². The topological polar surface area (TPSA) is 111 Å². The molecule has 3 heterocycles. The van der Waals surface area contributed by atoms with Crippen molar-refractivity contribution in [3.63, 3.8) is 0 Å². The Morgan fingerprint density at radius 1 is 1.25 bits per heavy atom. The van der Waals surface area contributed by atoms with Crippen LogP contribution in [0.4, 0.5) is 0 Å². The summed E-state index contributed by atoms with van der Waals surface area (Å²) in [4.78, 5) is 32.6. The van der Waals surface area contributed by atoms with E-state index in [1.807, 2.05) is 41.8 Å². The van der Waals surface area contributed by atoms with Crippen LogP contribution in [0.25, 0.3) is 22.2 Å². The molecule has 7 nitrogen and oxygen atoms in total. The van der Waals surface area contributed by atoms with Gasteiger partial charge in [-0.1, -0.05) is 19.1 Å². The maximum absolute atomic E-state index is 11.7. The van der Waals surface area contributed by atoms with Crippen molar-refractivity contribution in [3.8, 4) is 11.3 Å². The summed E-state index contributed by atoms with van der Waals surface area (Å²) >= 11 is 1.53. The van der Waals surface area contributed by atoms with Crippen LogP contribution in [0.15, 0.2) is 69.6 Å². The first-order chi connectivity index (χ1) is 15.5. The summed E-state index contributed by atoms with van der Waals surface area (Å²) in [6.07, 6.45) is 2.17. The highest BCUT2D eigenvalue weighted by Crippen LogP contribution is 2.39. The molecule has 0 bridgehead atoms. The lowest BCUT2D eigenvalue weighted by Gasteiger charge is -2.20. The van der Waals surface area contributed by atoms with Crippen molar-refractivity contribution in [1.29, 1.82) is 0 Å². The molecule has 0 saturated heterocycles. The Labute approximate surface area is 189 Å². The number of benzene rings is 1. The van der Waals surface area contributed by atoms with E-state index in [0.29, 0.717) is 12.1 Å². The minimum absolute atomic E-state index is 0.0377. The maximum atomic E-state index is 11.7. The van der Waals surface area contributed by atoms with Gasteiger partial charge in [-0.05, 0) is 42.0 Å². The van der Waals surface area contributed by atoms with Crippen LogP contribution in [-0.4, -0.2) is 23.1 Å². The van der Waals surface area contributed by atoms with Crippen LogP contribution in [0.2, 0.25) is 0 Å². The zero-order valence-electron chi connectivity index (χ0n) is 17.6. The SMILES string of the molecule is CC(=O)c1cccc(-c2csc(C(N=C(N)NC=O)C(C)c3ccc4occc4c3)c2)n1. The molecule has 2 atom stereocenters. The predicted molar refractivity (Wildman–Crippen MR) is 126 cm³/mol. The molecule has 0 spiro atoms. The molecule has 32 heavy (non-hydrogen) atoms. The summed E-state index contributed by atoms with van der Waals surface area (Å²) in [5.74, 6) is -0.0713. The molecule has 1 aromatic carbocycles. The lowest BCUT2D eigenvalue weighted by Crippen LogP contribution is -2.31. The number of carbonyl (C=O) groups excluding carboxylic acids is 2. The van der Waals surface area contributed by atoms with E-state index in [2.05, 4.69) is 28.3 Å². The molecule has 1 amide bonds. The number of rotatable bonds is 7. The quantitative estimate of drug-likeness (QED) is 0.186. The van der Waals surface area contributed by atoms with Gasteiger partial charge in [0, 0.05) is 34.0 Å². The van der Waals surface area contributed by atoms with Crippen molar-refractivity contribution < 1.29 is 14.0 Å². The number of guanidine groups is 1. The third-order valence-corrected chi connectivity index (χ3v) is 6.28. The zero-order chi connectivity index (χ0) is 22.7. The number of pyridine rings is 1. The third-order valence-electron chi connectivity index (χ3n) is 5.28. The smallest absolute Gasteiger partial charge is 0.213 e. The van der Waals surface area contributed by atoms with Crippen molar-refractivity contribution in [3.05, 3.63) is 76.3 Å². The molecule has 0 saturated carbocycles. The molecule has 0 aliphatic rings.